The lowest BCUT2D eigenvalue weighted by Crippen LogP contribution is -2.53. The van der Waals surface area contributed by atoms with Crippen LogP contribution in [0.2, 0.25) is 0 Å². The molecule has 1 fully saturated rings. The Bertz CT molecular complexity index is 731. The Hall–Kier alpha value is -2.40. The number of nitrogens with zero attached hydrogens (tertiary/aromatic N) is 2. The van der Waals surface area contributed by atoms with Crippen LogP contribution < -0.4 is 5.32 Å². The summed E-state index contributed by atoms with van der Waals surface area (Å²) in [5.41, 5.74) is -1.01. The molecule has 21 heavy (non-hydrogen) atoms. The summed E-state index contributed by atoms with van der Waals surface area (Å²) in [5, 5.41) is 12.5. The SMILES string of the molecule is O=C1CN(S(=O)(=O)c2ccc(F)c([N+](=O)[O-])c2)CC(=O)N1. The highest BCUT2D eigenvalue weighted by atomic mass is 32.2. The summed E-state index contributed by atoms with van der Waals surface area (Å²) in [6.45, 7) is -1.20. The standard InChI is InChI=1S/C10H8FN3O6S/c11-7-2-1-6(3-8(7)14(17)18)21(19,20)13-4-9(15)12-10(16)5-13/h1-3H,4-5H2,(H,12,15,16). The quantitative estimate of drug-likeness (QED) is 0.450. The van der Waals surface area contributed by atoms with Crippen LogP contribution in [-0.4, -0.2) is 42.6 Å². The van der Waals surface area contributed by atoms with Crippen molar-refractivity contribution in [2.24, 2.45) is 0 Å². The fourth-order valence-electron chi connectivity index (χ4n) is 1.72. The molecule has 1 N–H and O–H groups in total. The summed E-state index contributed by atoms with van der Waals surface area (Å²) in [6.07, 6.45) is 0. The third-order valence-electron chi connectivity index (χ3n) is 2.67. The molecular weight excluding hydrogens is 309 g/mol. The first-order valence-electron chi connectivity index (χ1n) is 5.48. The predicted molar refractivity (Wildman–Crippen MR) is 65.0 cm³/mol. The van der Waals surface area contributed by atoms with Crippen LogP contribution >= 0.6 is 0 Å². The Balaban J connectivity index is 2.44. The van der Waals surface area contributed by atoms with Gasteiger partial charge in [-0.05, 0) is 12.1 Å². The monoisotopic (exact) mass is 317 g/mol. The summed E-state index contributed by atoms with van der Waals surface area (Å²) in [6, 6.07) is 2.01. The maximum Gasteiger partial charge on any atom is 0.306 e. The van der Waals surface area contributed by atoms with Crippen LogP contribution in [0.3, 0.4) is 0 Å². The number of nitro benzene ring substituents is 1. The second-order valence-corrected chi connectivity index (χ2v) is 6.05. The topological polar surface area (TPSA) is 127 Å². The molecule has 112 valence electrons. The molecule has 0 aromatic heterocycles. The lowest BCUT2D eigenvalue weighted by Gasteiger charge is -2.24. The second-order valence-electron chi connectivity index (χ2n) is 4.11. The van der Waals surface area contributed by atoms with Gasteiger partial charge in [-0.15, -0.1) is 0 Å². The minimum Gasteiger partial charge on any atom is -0.294 e. The van der Waals surface area contributed by atoms with Crippen LogP contribution in [0.1, 0.15) is 0 Å². The van der Waals surface area contributed by atoms with Gasteiger partial charge >= 0.3 is 5.69 Å². The average Bonchev–Trinajstić information content (AvgIpc) is 2.37. The highest BCUT2D eigenvalue weighted by Gasteiger charge is 2.34. The van der Waals surface area contributed by atoms with Crippen LogP contribution in [0.25, 0.3) is 0 Å². The van der Waals surface area contributed by atoms with Crippen LogP contribution in [0.15, 0.2) is 23.1 Å². The van der Waals surface area contributed by atoms with Gasteiger partial charge in [-0.2, -0.15) is 8.70 Å². The van der Waals surface area contributed by atoms with Crippen molar-refractivity contribution in [2.45, 2.75) is 4.90 Å². The zero-order valence-electron chi connectivity index (χ0n) is 10.3. The molecule has 1 aliphatic rings. The highest BCUT2D eigenvalue weighted by Crippen LogP contribution is 2.24. The molecule has 0 bridgehead atoms. The number of hydrogen-bond acceptors (Lipinski definition) is 6. The van der Waals surface area contributed by atoms with Gasteiger partial charge in [0.2, 0.25) is 27.7 Å². The average molecular weight is 317 g/mol. The van der Waals surface area contributed by atoms with Crippen molar-refractivity contribution in [2.75, 3.05) is 13.1 Å². The molecule has 1 heterocycles. The molecule has 0 unspecified atom stereocenters. The van der Waals surface area contributed by atoms with E-state index in [9.17, 15) is 32.5 Å². The Labute approximate surface area is 117 Å². The molecule has 0 saturated carbocycles. The molecule has 11 heteroatoms. The molecule has 1 aliphatic heterocycles. The molecule has 2 rings (SSSR count). The maximum absolute atomic E-state index is 13.2. The van der Waals surface area contributed by atoms with Gasteiger partial charge in [0, 0.05) is 6.07 Å². The Morgan fingerprint density at radius 3 is 2.33 bits per heavy atom. The molecule has 1 saturated heterocycles. The number of rotatable bonds is 3. The number of hydrogen-bond donors (Lipinski definition) is 1. The van der Waals surface area contributed by atoms with E-state index >= 15 is 0 Å². The maximum atomic E-state index is 13.2. The van der Waals surface area contributed by atoms with Crippen molar-refractivity contribution in [1.82, 2.24) is 9.62 Å². The minimum atomic E-state index is -4.32. The number of sulfonamides is 1. The van der Waals surface area contributed by atoms with Crippen molar-refractivity contribution in [3.05, 3.63) is 34.1 Å². The van der Waals surface area contributed by atoms with Gasteiger partial charge < -0.3 is 0 Å². The lowest BCUT2D eigenvalue weighted by molar-refractivity contribution is -0.387. The van der Waals surface area contributed by atoms with Gasteiger partial charge in [-0.1, -0.05) is 0 Å². The number of nitrogens with one attached hydrogen (secondary N) is 1. The first-order chi connectivity index (χ1) is 9.71. The number of nitro groups is 1. The molecule has 1 aromatic rings. The smallest absolute Gasteiger partial charge is 0.294 e. The summed E-state index contributed by atoms with van der Waals surface area (Å²) in [7, 11) is -4.32. The van der Waals surface area contributed by atoms with E-state index in [4.69, 9.17) is 0 Å². The Morgan fingerprint density at radius 1 is 1.24 bits per heavy atom. The highest BCUT2D eigenvalue weighted by molar-refractivity contribution is 7.89. The van der Waals surface area contributed by atoms with Crippen LogP contribution in [0, 0.1) is 15.9 Å². The van der Waals surface area contributed by atoms with E-state index in [2.05, 4.69) is 0 Å². The summed E-state index contributed by atoms with van der Waals surface area (Å²) in [4.78, 5) is 31.4. The zero-order chi connectivity index (χ0) is 15.8. The van der Waals surface area contributed by atoms with E-state index in [-0.39, 0.29) is 0 Å². The molecule has 0 radical (unpaired) electrons. The van der Waals surface area contributed by atoms with E-state index in [1.165, 1.54) is 0 Å². The summed E-state index contributed by atoms with van der Waals surface area (Å²) in [5.74, 6) is -2.82. The van der Waals surface area contributed by atoms with Crippen LogP contribution in [0.4, 0.5) is 10.1 Å². The second kappa shape index (κ2) is 5.18. The Morgan fingerprint density at radius 2 is 1.81 bits per heavy atom. The van der Waals surface area contributed by atoms with Crippen LogP contribution in [0.5, 0.6) is 0 Å². The molecule has 0 atom stereocenters. The predicted octanol–water partition coefficient (Wildman–Crippen LogP) is -0.619. The van der Waals surface area contributed by atoms with Crippen molar-refractivity contribution in [1.29, 1.82) is 0 Å². The number of benzene rings is 1. The molecular formula is C10H8FN3O6S. The number of piperazine rings is 1. The fourth-order valence-corrected chi connectivity index (χ4v) is 3.10. The Kier molecular flexibility index (Phi) is 3.70. The first kappa shape index (κ1) is 15.0. The van der Waals surface area contributed by atoms with Gasteiger partial charge in [0.1, 0.15) is 0 Å². The van der Waals surface area contributed by atoms with Crippen molar-refractivity contribution in [3.8, 4) is 0 Å². The zero-order valence-corrected chi connectivity index (χ0v) is 11.1. The van der Waals surface area contributed by atoms with Crippen molar-refractivity contribution < 1.29 is 27.3 Å². The van der Waals surface area contributed by atoms with Crippen molar-refractivity contribution >= 4 is 27.5 Å². The third-order valence-corrected chi connectivity index (χ3v) is 4.46. The minimum absolute atomic E-state index is 0.543. The van der Waals surface area contributed by atoms with Gasteiger partial charge in [-0.25, -0.2) is 8.42 Å². The van der Waals surface area contributed by atoms with Gasteiger partial charge in [0.05, 0.1) is 22.9 Å². The molecule has 0 aliphatic carbocycles. The van der Waals surface area contributed by atoms with E-state index in [1.807, 2.05) is 5.32 Å². The number of carbonyl (C=O) groups excluding carboxylic acids is 2. The van der Waals surface area contributed by atoms with E-state index in [0.717, 1.165) is 6.07 Å². The first-order valence-corrected chi connectivity index (χ1v) is 6.92. The van der Waals surface area contributed by atoms with Gasteiger partial charge in [-0.3, -0.25) is 25.0 Å². The number of imide groups is 1. The molecule has 2 amide bonds. The van der Waals surface area contributed by atoms with Gasteiger partial charge in [0.15, 0.2) is 0 Å². The third kappa shape index (κ3) is 2.87. The molecule has 9 nitrogen and oxygen atoms in total. The fraction of sp³-hybridized carbons (Fsp3) is 0.200. The summed E-state index contributed by atoms with van der Waals surface area (Å²) < 4.78 is 38.2. The van der Waals surface area contributed by atoms with Crippen molar-refractivity contribution in [3.63, 3.8) is 0 Å². The normalized spacial score (nSPS) is 16.6. The van der Waals surface area contributed by atoms with Crippen LogP contribution in [-0.2, 0) is 19.6 Å². The number of halogens is 1. The van der Waals surface area contributed by atoms with E-state index < -0.39 is 56.3 Å². The van der Waals surface area contributed by atoms with E-state index in [1.54, 1.807) is 0 Å². The lowest BCUT2D eigenvalue weighted by atomic mass is 10.3. The number of carbonyl (C=O) groups is 2. The number of amides is 2. The molecule has 0 spiro atoms. The van der Waals surface area contributed by atoms with E-state index in [0.29, 0.717) is 16.4 Å². The van der Waals surface area contributed by atoms with Gasteiger partial charge in [0.25, 0.3) is 0 Å². The molecule has 1 aromatic carbocycles. The largest absolute Gasteiger partial charge is 0.306 e. The summed E-state index contributed by atoms with van der Waals surface area (Å²) >= 11 is 0.